The van der Waals surface area contributed by atoms with Gasteiger partial charge in [-0.1, -0.05) is 11.6 Å². The van der Waals surface area contributed by atoms with Crippen molar-refractivity contribution in [2.75, 3.05) is 12.4 Å². The van der Waals surface area contributed by atoms with Gasteiger partial charge in [-0.3, -0.25) is 4.98 Å². The summed E-state index contributed by atoms with van der Waals surface area (Å²) >= 11 is 6.10. The SMILES string of the molecule is CNc1ccc(Cl)c(COc2cccnc2)c1. The van der Waals surface area contributed by atoms with E-state index >= 15 is 0 Å². The second-order valence-electron chi connectivity index (χ2n) is 3.53. The molecule has 1 aromatic carbocycles. The third-order valence-electron chi connectivity index (χ3n) is 2.36. The number of ether oxygens (including phenoxy) is 1. The number of hydrogen-bond acceptors (Lipinski definition) is 3. The van der Waals surface area contributed by atoms with Crippen LogP contribution in [-0.2, 0) is 6.61 Å². The largest absolute Gasteiger partial charge is 0.487 e. The Morgan fingerprint density at radius 1 is 1.35 bits per heavy atom. The number of nitrogens with one attached hydrogen (secondary N) is 1. The van der Waals surface area contributed by atoms with Gasteiger partial charge in [0.15, 0.2) is 0 Å². The van der Waals surface area contributed by atoms with Gasteiger partial charge in [0.25, 0.3) is 0 Å². The Labute approximate surface area is 105 Å². The minimum atomic E-state index is 0.431. The molecule has 1 heterocycles. The second-order valence-corrected chi connectivity index (χ2v) is 3.94. The summed E-state index contributed by atoms with van der Waals surface area (Å²) in [5.41, 5.74) is 1.96. The van der Waals surface area contributed by atoms with Crippen molar-refractivity contribution >= 4 is 17.3 Å². The van der Waals surface area contributed by atoms with Crippen LogP contribution in [0.25, 0.3) is 0 Å². The van der Waals surface area contributed by atoms with Gasteiger partial charge < -0.3 is 10.1 Å². The van der Waals surface area contributed by atoms with Crippen LogP contribution < -0.4 is 10.1 Å². The van der Waals surface area contributed by atoms with Crippen molar-refractivity contribution in [1.29, 1.82) is 0 Å². The van der Waals surface area contributed by atoms with Gasteiger partial charge in [-0.25, -0.2) is 0 Å². The maximum atomic E-state index is 6.10. The summed E-state index contributed by atoms with van der Waals surface area (Å²) < 4.78 is 5.60. The molecule has 0 radical (unpaired) electrons. The Morgan fingerprint density at radius 2 is 2.24 bits per heavy atom. The molecule has 3 nitrogen and oxygen atoms in total. The fraction of sp³-hybridized carbons (Fsp3) is 0.154. The number of aromatic nitrogens is 1. The molecule has 0 aliphatic rings. The Balaban J connectivity index is 2.08. The van der Waals surface area contributed by atoms with Crippen LogP contribution >= 0.6 is 11.6 Å². The highest BCUT2D eigenvalue weighted by Gasteiger charge is 2.02. The molecule has 17 heavy (non-hydrogen) atoms. The fourth-order valence-corrected chi connectivity index (χ4v) is 1.61. The molecule has 0 saturated heterocycles. The first-order valence-corrected chi connectivity index (χ1v) is 5.66. The molecule has 1 N–H and O–H groups in total. The normalized spacial score (nSPS) is 10.0. The van der Waals surface area contributed by atoms with Gasteiger partial charge in [0.05, 0.1) is 6.20 Å². The Kier molecular flexibility index (Phi) is 3.83. The van der Waals surface area contributed by atoms with Crippen molar-refractivity contribution in [3.8, 4) is 5.75 Å². The van der Waals surface area contributed by atoms with E-state index in [0.717, 1.165) is 17.0 Å². The van der Waals surface area contributed by atoms with Crippen molar-refractivity contribution < 1.29 is 4.74 Å². The maximum Gasteiger partial charge on any atom is 0.138 e. The third kappa shape index (κ3) is 3.11. The standard InChI is InChI=1S/C13H13ClN2O/c1-15-11-4-5-13(14)10(7-11)9-17-12-3-2-6-16-8-12/h2-8,15H,9H2,1H3. The highest BCUT2D eigenvalue weighted by atomic mass is 35.5. The van der Waals surface area contributed by atoms with Gasteiger partial charge in [0, 0.05) is 29.5 Å². The summed E-state index contributed by atoms with van der Waals surface area (Å²) in [5, 5.41) is 3.77. The first-order valence-electron chi connectivity index (χ1n) is 5.28. The van der Waals surface area contributed by atoms with E-state index in [9.17, 15) is 0 Å². The Bertz CT molecular complexity index is 488. The lowest BCUT2D eigenvalue weighted by atomic mass is 10.2. The number of pyridine rings is 1. The molecule has 0 aliphatic carbocycles. The quantitative estimate of drug-likeness (QED) is 0.901. The predicted octanol–water partition coefficient (Wildman–Crippen LogP) is 3.36. The zero-order chi connectivity index (χ0) is 12.1. The molecule has 4 heteroatoms. The van der Waals surface area contributed by atoms with E-state index in [1.54, 1.807) is 12.4 Å². The summed E-state index contributed by atoms with van der Waals surface area (Å²) in [6, 6.07) is 9.45. The van der Waals surface area contributed by atoms with Crippen LogP contribution in [0, 0.1) is 0 Å². The van der Waals surface area contributed by atoms with Crippen LogP contribution in [0.2, 0.25) is 5.02 Å². The van der Waals surface area contributed by atoms with E-state index in [4.69, 9.17) is 16.3 Å². The van der Waals surface area contributed by atoms with Crippen molar-refractivity contribution in [3.05, 3.63) is 53.3 Å². The van der Waals surface area contributed by atoms with Gasteiger partial charge in [-0.15, -0.1) is 0 Å². The van der Waals surface area contributed by atoms with Gasteiger partial charge in [0.2, 0.25) is 0 Å². The van der Waals surface area contributed by atoms with Gasteiger partial charge in [-0.2, -0.15) is 0 Å². The topological polar surface area (TPSA) is 34.1 Å². The summed E-state index contributed by atoms with van der Waals surface area (Å²) in [5.74, 6) is 0.735. The lowest BCUT2D eigenvalue weighted by Crippen LogP contribution is -1.98. The number of hydrogen-bond donors (Lipinski definition) is 1. The van der Waals surface area contributed by atoms with Crippen LogP contribution in [-0.4, -0.2) is 12.0 Å². The number of nitrogens with zero attached hydrogens (tertiary/aromatic N) is 1. The molecular weight excluding hydrogens is 236 g/mol. The molecule has 0 saturated carbocycles. The molecule has 0 unspecified atom stereocenters. The van der Waals surface area contributed by atoms with E-state index in [2.05, 4.69) is 10.3 Å². The van der Waals surface area contributed by atoms with E-state index in [0.29, 0.717) is 11.6 Å². The second kappa shape index (κ2) is 5.55. The number of halogens is 1. The van der Waals surface area contributed by atoms with Gasteiger partial charge in [-0.05, 0) is 30.3 Å². The molecule has 0 spiro atoms. The zero-order valence-corrected chi connectivity index (χ0v) is 10.2. The van der Waals surface area contributed by atoms with Crippen molar-refractivity contribution in [2.45, 2.75) is 6.61 Å². The van der Waals surface area contributed by atoms with E-state index in [1.165, 1.54) is 0 Å². The molecule has 2 aromatic rings. The minimum Gasteiger partial charge on any atom is -0.487 e. The third-order valence-corrected chi connectivity index (χ3v) is 2.73. The molecule has 2 rings (SSSR count). The average molecular weight is 249 g/mol. The van der Waals surface area contributed by atoms with Gasteiger partial charge >= 0.3 is 0 Å². The Morgan fingerprint density at radius 3 is 2.94 bits per heavy atom. The first kappa shape index (κ1) is 11.7. The highest BCUT2D eigenvalue weighted by Crippen LogP contribution is 2.22. The van der Waals surface area contributed by atoms with Crippen LogP contribution in [0.15, 0.2) is 42.7 Å². The minimum absolute atomic E-state index is 0.431. The lowest BCUT2D eigenvalue weighted by Gasteiger charge is -2.09. The number of anilines is 1. The van der Waals surface area contributed by atoms with Crippen LogP contribution in [0.3, 0.4) is 0 Å². The van der Waals surface area contributed by atoms with Crippen LogP contribution in [0.1, 0.15) is 5.56 Å². The number of benzene rings is 1. The molecule has 1 aromatic heterocycles. The van der Waals surface area contributed by atoms with Crippen LogP contribution in [0.4, 0.5) is 5.69 Å². The average Bonchev–Trinajstić information content (AvgIpc) is 2.39. The highest BCUT2D eigenvalue weighted by molar-refractivity contribution is 6.31. The summed E-state index contributed by atoms with van der Waals surface area (Å²) in [4.78, 5) is 3.98. The van der Waals surface area contributed by atoms with Crippen molar-refractivity contribution in [3.63, 3.8) is 0 Å². The lowest BCUT2D eigenvalue weighted by molar-refractivity contribution is 0.305. The summed E-state index contributed by atoms with van der Waals surface area (Å²) in [7, 11) is 1.87. The molecular formula is C13H13ClN2O. The molecule has 0 fully saturated rings. The van der Waals surface area contributed by atoms with E-state index in [1.807, 2.05) is 37.4 Å². The monoisotopic (exact) mass is 248 g/mol. The molecule has 88 valence electrons. The Hall–Kier alpha value is -1.74. The first-order chi connectivity index (χ1) is 8.29. The van der Waals surface area contributed by atoms with Crippen molar-refractivity contribution in [1.82, 2.24) is 4.98 Å². The molecule has 0 aliphatic heterocycles. The van der Waals surface area contributed by atoms with E-state index < -0.39 is 0 Å². The smallest absolute Gasteiger partial charge is 0.138 e. The maximum absolute atomic E-state index is 6.10. The van der Waals surface area contributed by atoms with Crippen molar-refractivity contribution in [2.24, 2.45) is 0 Å². The van der Waals surface area contributed by atoms with Crippen LogP contribution in [0.5, 0.6) is 5.75 Å². The zero-order valence-electron chi connectivity index (χ0n) is 9.48. The molecule has 0 amide bonds. The summed E-state index contributed by atoms with van der Waals surface area (Å²) in [6.07, 6.45) is 3.39. The number of rotatable bonds is 4. The summed E-state index contributed by atoms with van der Waals surface area (Å²) in [6.45, 7) is 0.431. The molecule has 0 atom stereocenters. The predicted molar refractivity (Wildman–Crippen MR) is 69.6 cm³/mol. The van der Waals surface area contributed by atoms with E-state index in [-0.39, 0.29) is 0 Å². The van der Waals surface area contributed by atoms with Gasteiger partial charge in [0.1, 0.15) is 12.4 Å². The molecule has 0 bridgehead atoms. The fourth-order valence-electron chi connectivity index (χ4n) is 1.43.